The van der Waals surface area contributed by atoms with Crippen molar-refractivity contribution in [3.8, 4) is 0 Å². The Morgan fingerprint density at radius 3 is 2.95 bits per heavy atom. The number of nitrogens with zero attached hydrogens (tertiary/aromatic N) is 1. The summed E-state index contributed by atoms with van der Waals surface area (Å²) in [5.41, 5.74) is 1.61. The van der Waals surface area contributed by atoms with Crippen molar-refractivity contribution in [2.24, 2.45) is 0 Å². The summed E-state index contributed by atoms with van der Waals surface area (Å²) in [5, 5.41) is 5.49. The molecule has 0 radical (unpaired) electrons. The summed E-state index contributed by atoms with van der Waals surface area (Å²) < 4.78 is 11.1. The van der Waals surface area contributed by atoms with Gasteiger partial charge in [0.2, 0.25) is 5.91 Å². The molecule has 22 heavy (non-hydrogen) atoms. The average Bonchev–Trinajstić information content (AvgIpc) is 2.76. The van der Waals surface area contributed by atoms with Crippen LogP contribution in [0.3, 0.4) is 0 Å². The van der Waals surface area contributed by atoms with E-state index in [9.17, 15) is 9.59 Å². The Morgan fingerprint density at radius 2 is 2.14 bits per heavy atom. The van der Waals surface area contributed by atoms with Gasteiger partial charge in [0.15, 0.2) is 0 Å². The van der Waals surface area contributed by atoms with Gasteiger partial charge in [-0.05, 0) is 25.7 Å². The van der Waals surface area contributed by atoms with E-state index in [-0.39, 0.29) is 24.2 Å². The third kappa shape index (κ3) is 3.59. The minimum Gasteiger partial charge on any atom is -0.376 e. The summed E-state index contributed by atoms with van der Waals surface area (Å²) in [6.45, 7) is 2.54. The van der Waals surface area contributed by atoms with Crippen LogP contribution in [0.25, 0.3) is 0 Å². The molecule has 0 bridgehead atoms. The lowest BCUT2D eigenvalue weighted by atomic mass is 10.1. The second-order valence-corrected chi connectivity index (χ2v) is 5.92. The van der Waals surface area contributed by atoms with Crippen LogP contribution in [0, 0.1) is 0 Å². The molecule has 0 aliphatic carbocycles. The average molecular weight is 309 g/mol. The van der Waals surface area contributed by atoms with Crippen LogP contribution in [0.1, 0.15) is 30.5 Å². The Morgan fingerprint density at radius 1 is 1.27 bits per heavy atom. The Hall–Kier alpha value is -1.60. The number of hydrogen-bond donors (Lipinski definition) is 2. The number of hydrogen-bond acceptors (Lipinski definition) is 4. The van der Waals surface area contributed by atoms with Crippen molar-refractivity contribution in [3.05, 3.63) is 21.6 Å². The molecule has 122 valence electrons. The molecule has 0 aromatic carbocycles. The zero-order valence-electron chi connectivity index (χ0n) is 12.7. The third-order valence-corrected chi connectivity index (χ3v) is 4.38. The van der Waals surface area contributed by atoms with E-state index in [1.165, 1.54) is 6.42 Å². The fourth-order valence-electron chi connectivity index (χ4n) is 3.06. The standard InChI is InChI=1S/C15H23N3O4/c19-14(10-21-9-11-3-1-2-8-22-11)18-6-4-12-13(5-7-18)16-17-15(12)20/h11H,1-10H2,(H2,16,17,20)/t11-/m0/s1. The highest BCUT2D eigenvalue weighted by Gasteiger charge is 2.22. The van der Waals surface area contributed by atoms with Crippen molar-refractivity contribution in [1.82, 2.24) is 15.1 Å². The van der Waals surface area contributed by atoms with Crippen molar-refractivity contribution in [1.29, 1.82) is 0 Å². The fraction of sp³-hybridized carbons (Fsp3) is 0.733. The summed E-state index contributed by atoms with van der Waals surface area (Å²) in [6.07, 6.45) is 4.68. The number of H-pyrrole nitrogens is 2. The van der Waals surface area contributed by atoms with Gasteiger partial charge < -0.3 is 19.5 Å². The Labute approximate surface area is 129 Å². The van der Waals surface area contributed by atoms with E-state index in [0.717, 1.165) is 30.7 Å². The molecule has 1 atom stereocenters. The van der Waals surface area contributed by atoms with E-state index in [0.29, 0.717) is 32.5 Å². The van der Waals surface area contributed by atoms with Crippen LogP contribution in [0.5, 0.6) is 0 Å². The minimum atomic E-state index is -0.0741. The van der Waals surface area contributed by atoms with Gasteiger partial charge in [0.05, 0.1) is 12.7 Å². The van der Waals surface area contributed by atoms with Gasteiger partial charge in [-0.2, -0.15) is 0 Å². The highest BCUT2D eigenvalue weighted by molar-refractivity contribution is 5.77. The quantitative estimate of drug-likeness (QED) is 0.832. The van der Waals surface area contributed by atoms with Crippen LogP contribution in [-0.2, 0) is 27.1 Å². The Kier molecular flexibility index (Phi) is 4.94. The van der Waals surface area contributed by atoms with Crippen LogP contribution in [-0.4, -0.2) is 60.0 Å². The number of aromatic nitrogens is 2. The van der Waals surface area contributed by atoms with Gasteiger partial charge in [-0.3, -0.25) is 14.7 Å². The van der Waals surface area contributed by atoms with Gasteiger partial charge in [-0.25, -0.2) is 0 Å². The smallest absolute Gasteiger partial charge is 0.267 e. The lowest BCUT2D eigenvalue weighted by Gasteiger charge is -2.24. The highest BCUT2D eigenvalue weighted by Crippen LogP contribution is 2.13. The molecule has 0 unspecified atom stereocenters. The second kappa shape index (κ2) is 7.11. The molecule has 7 nitrogen and oxygen atoms in total. The van der Waals surface area contributed by atoms with Gasteiger partial charge in [0.1, 0.15) is 6.61 Å². The van der Waals surface area contributed by atoms with Crippen LogP contribution < -0.4 is 5.56 Å². The first-order chi connectivity index (χ1) is 10.7. The number of carbonyl (C=O) groups excluding carboxylic acids is 1. The second-order valence-electron chi connectivity index (χ2n) is 5.92. The zero-order chi connectivity index (χ0) is 15.4. The molecule has 1 saturated heterocycles. The first-order valence-corrected chi connectivity index (χ1v) is 7.99. The summed E-state index contributed by atoms with van der Waals surface area (Å²) in [7, 11) is 0. The molecule has 0 saturated carbocycles. The SMILES string of the molecule is O=C(COC[C@@H]1CCCCO1)N1CCc2[nH][nH]c(=O)c2CC1. The van der Waals surface area contributed by atoms with Crippen LogP contribution in [0.15, 0.2) is 4.79 Å². The normalized spacial score (nSPS) is 22.2. The summed E-state index contributed by atoms with van der Waals surface area (Å²) in [4.78, 5) is 25.6. The van der Waals surface area contributed by atoms with Gasteiger partial charge in [0.25, 0.3) is 5.56 Å². The maximum absolute atomic E-state index is 12.2. The zero-order valence-corrected chi connectivity index (χ0v) is 12.7. The first-order valence-electron chi connectivity index (χ1n) is 7.99. The number of aromatic amines is 2. The molecule has 1 aromatic rings. The topological polar surface area (TPSA) is 87.4 Å². The monoisotopic (exact) mass is 309 g/mol. The van der Waals surface area contributed by atoms with Gasteiger partial charge in [-0.1, -0.05) is 0 Å². The number of carbonyl (C=O) groups is 1. The number of fused-ring (bicyclic) bond motifs is 1. The van der Waals surface area contributed by atoms with Crippen molar-refractivity contribution in [2.75, 3.05) is 32.9 Å². The molecule has 7 heteroatoms. The molecular formula is C15H23N3O4. The fourth-order valence-corrected chi connectivity index (χ4v) is 3.06. The molecule has 3 rings (SSSR count). The predicted octanol–water partition coefficient (Wildman–Crippen LogP) is 0.216. The van der Waals surface area contributed by atoms with Crippen molar-refractivity contribution in [3.63, 3.8) is 0 Å². The maximum atomic E-state index is 12.2. The first kappa shape index (κ1) is 15.3. The Balaban J connectivity index is 1.44. The molecule has 1 aromatic heterocycles. The van der Waals surface area contributed by atoms with Crippen LogP contribution >= 0.6 is 0 Å². The van der Waals surface area contributed by atoms with E-state index >= 15 is 0 Å². The van der Waals surface area contributed by atoms with Gasteiger partial charge in [0, 0.05) is 37.4 Å². The maximum Gasteiger partial charge on any atom is 0.267 e. The molecule has 1 fully saturated rings. The van der Waals surface area contributed by atoms with E-state index in [1.54, 1.807) is 4.90 Å². The lowest BCUT2D eigenvalue weighted by molar-refractivity contribution is -0.138. The van der Waals surface area contributed by atoms with E-state index < -0.39 is 0 Å². The van der Waals surface area contributed by atoms with E-state index in [1.807, 2.05) is 0 Å². The summed E-state index contributed by atoms with van der Waals surface area (Å²) >= 11 is 0. The van der Waals surface area contributed by atoms with Crippen molar-refractivity contribution < 1.29 is 14.3 Å². The van der Waals surface area contributed by atoms with Gasteiger partial charge in [-0.15, -0.1) is 0 Å². The molecule has 2 aliphatic heterocycles. The number of rotatable bonds is 4. The Bertz CT molecular complexity index is 559. The van der Waals surface area contributed by atoms with Crippen LogP contribution in [0.4, 0.5) is 0 Å². The summed E-state index contributed by atoms with van der Waals surface area (Å²) in [6, 6.07) is 0. The molecule has 3 heterocycles. The van der Waals surface area contributed by atoms with Crippen LogP contribution in [0.2, 0.25) is 0 Å². The third-order valence-electron chi connectivity index (χ3n) is 4.38. The van der Waals surface area contributed by atoms with Crippen molar-refractivity contribution in [2.45, 2.75) is 38.2 Å². The lowest BCUT2D eigenvalue weighted by Crippen LogP contribution is -2.37. The molecule has 2 aliphatic rings. The van der Waals surface area contributed by atoms with E-state index in [4.69, 9.17) is 9.47 Å². The number of nitrogens with one attached hydrogen (secondary N) is 2. The molecule has 1 amide bonds. The molecule has 2 N–H and O–H groups in total. The van der Waals surface area contributed by atoms with E-state index in [2.05, 4.69) is 10.2 Å². The van der Waals surface area contributed by atoms with Crippen molar-refractivity contribution >= 4 is 5.91 Å². The minimum absolute atomic E-state index is 0.0163. The highest BCUT2D eigenvalue weighted by atomic mass is 16.5. The number of amides is 1. The summed E-state index contributed by atoms with van der Waals surface area (Å²) in [5.74, 6) is -0.0163. The number of ether oxygens (including phenoxy) is 2. The molecular weight excluding hydrogens is 286 g/mol. The molecule has 0 spiro atoms. The largest absolute Gasteiger partial charge is 0.376 e. The predicted molar refractivity (Wildman–Crippen MR) is 79.8 cm³/mol. The van der Waals surface area contributed by atoms with Gasteiger partial charge >= 0.3 is 0 Å².